The van der Waals surface area contributed by atoms with Gasteiger partial charge < -0.3 is 14.9 Å². The average Bonchev–Trinajstić information content (AvgIpc) is 2.47. The van der Waals surface area contributed by atoms with Crippen LogP contribution in [-0.4, -0.2) is 29.1 Å². The standard InChI is InChI=1S/C17H34O4/c1-3-4-5-6-7-8-9-10-11-12-13-14-15-17(19,20)16(18)21-2/h19-20H,3-15H2,1-2H3. The van der Waals surface area contributed by atoms with E-state index in [0.717, 1.165) is 20.0 Å². The number of esters is 1. The molecule has 4 heteroatoms. The molecule has 2 N–H and O–H groups in total. The molecule has 0 rings (SSSR count). The van der Waals surface area contributed by atoms with Crippen molar-refractivity contribution < 1.29 is 19.7 Å². The van der Waals surface area contributed by atoms with Gasteiger partial charge in [-0.3, -0.25) is 0 Å². The van der Waals surface area contributed by atoms with Crippen molar-refractivity contribution in [2.24, 2.45) is 0 Å². The minimum absolute atomic E-state index is 0.0527. The van der Waals surface area contributed by atoms with Crippen LogP contribution in [0.3, 0.4) is 0 Å². The monoisotopic (exact) mass is 302 g/mol. The first-order chi connectivity index (χ1) is 10.0. The first-order valence-electron chi connectivity index (χ1n) is 8.57. The number of methoxy groups -OCH3 is 1. The fourth-order valence-corrected chi connectivity index (χ4v) is 2.48. The van der Waals surface area contributed by atoms with Gasteiger partial charge in [0.2, 0.25) is 0 Å². The van der Waals surface area contributed by atoms with Gasteiger partial charge in [0.05, 0.1) is 7.11 Å². The molecule has 0 aromatic rings. The number of unbranched alkanes of at least 4 members (excludes halogenated alkanes) is 11. The molecule has 0 aliphatic rings. The molecule has 0 radical (unpaired) electrons. The molecule has 0 atom stereocenters. The molecule has 0 amide bonds. The molecule has 0 fully saturated rings. The maximum Gasteiger partial charge on any atom is 0.366 e. The van der Waals surface area contributed by atoms with Gasteiger partial charge in [0.25, 0.3) is 5.79 Å². The largest absolute Gasteiger partial charge is 0.465 e. The molecule has 0 unspecified atom stereocenters. The highest BCUT2D eigenvalue weighted by Crippen LogP contribution is 2.16. The summed E-state index contributed by atoms with van der Waals surface area (Å²) in [6.07, 6.45) is 14.6. The van der Waals surface area contributed by atoms with E-state index in [2.05, 4.69) is 11.7 Å². The van der Waals surface area contributed by atoms with Crippen molar-refractivity contribution in [2.75, 3.05) is 7.11 Å². The highest BCUT2D eigenvalue weighted by molar-refractivity contribution is 5.76. The molecular formula is C17H34O4. The number of aliphatic hydroxyl groups is 2. The SMILES string of the molecule is CCCCCCCCCCCCCCC(O)(O)C(=O)OC. The van der Waals surface area contributed by atoms with Gasteiger partial charge in [-0.25, -0.2) is 4.79 Å². The third kappa shape index (κ3) is 11.7. The Kier molecular flexibility index (Phi) is 12.7. The van der Waals surface area contributed by atoms with Crippen LogP contribution in [0.2, 0.25) is 0 Å². The molecule has 0 aliphatic carbocycles. The van der Waals surface area contributed by atoms with Crippen LogP contribution in [0.1, 0.15) is 90.4 Å². The first kappa shape index (κ1) is 20.4. The predicted molar refractivity (Wildman–Crippen MR) is 84.9 cm³/mol. The summed E-state index contributed by atoms with van der Waals surface area (Å²) in [5, 5.41) is 18.9. The summed E-state index contributed by atoms with van der Waals surface area (Å²) in [4.78, 5) is 11.0. The van der Waals surface area contributed by atoms with Gasteiger partial charge in [-0.15, -0.1) is 0 Å². The van der Waals surface area contributed by atoms with Crippen molar-refractivity contribution in [3.8, 4) is 0 Å². The zero-order valence-electron chi connectivity index (χ0n) is 13.9. The van der Waals surface area contributed by atoms with Gasteiger partial charge in [-0.1, -0.05) is 77.6 Å². The van der Waals surface area contributed by atoms with Gasteiger partial charge in [0, 0.05) is 6.42 Å². The van der Waals surface area contributed by atoms with Crippen molar-refractivity contribution in [3.63, 3.8) is 0 Å². The van der Waals surface area contributed by atoms with E-state index in [1.165, 1.54) is 57.8 Å². The summed E-state index contributed by atoms with van der Waals surface area (Å²) >= 11 is 0. The Labute approximate surface area is 129 Å². The fraction of sp³-hybridized carbons (Fsp3) is 0.941. The lowest BCUT2D eigenvalue weighted by Gasteiger charge is -2.18. The zero-order valence-corrected chi connectivity index (χ0v) is 13.9. The number of carbonyl (C=O) groups excluding carboxylic acids is 1. The predicted octanol–water partition coefficient (Wildman–Crippen LogP) is 3.93. The van der Waals surface area contributed by atoms with Crippen molar-refractivity contribution in [1.29, 1.82) is 0 Å². The second kappa shape index (κ2) is 13.1. The lowest BCUT2D eigenvalue weighted by atomic mass is 10.0. The quantitative estimate of drug-likeness (QED) is 0.290. The van der Waals surface area contributed by atoms with Crippen LogP contribution < -0.4 is 0 Å². The topological polar surface area (TPSA) is 66.8 Å². The molecular weight excluding hydrogens is 268 g/mol. The van der Waals surface area contributed by atoms with E-state index in [-0.39, 0.29) is 6.42 Å². The Hall–Kier alpha value is -0.610. The van der Waals surface area contributed by atoms with Crippen LogP contribution in [0.25, 0.3) is 0 Å². The average molecular weight is 302 g/mol. The second-order valence-electron chi connectivity index (χ2n) is 5.95. The third-order valence-corrected chi connectivity index (χ3v) is 3.89. The third-order valence-electron chi connectivity index (χ3n) is 3.89. The number of hydrogen-bond donors (Lipinski definition) is 2. The van der Waals surface area contributed by atoms with E-state index in [1.807, 2.05) is 0 Å². The lowest BCUT2D eigenvalue weighted by molar-refractivity contribution is -0.209. The van der Waals surface area contributed by atoms with Crippen LogP contribution in [0.4, 0.5) is 0 Å². The van der Waals surface area contributed by atoms with Crippen molar-refractivity contribution >= 4 is 5.97 Å². The minimum atomic E-state index is -2.31. The van der Waals surface area contributed by atoms with Crippen LogP contribution in [0.5, 0.6) is 0 Å². The summed E-state index contributed by atoms with van der Waals surface area (Å²) in [6, 6.07) is 0. The van der Waals surface area contributed by atoms with E-state index in [0.29, 0.717) is 6.42 Å². The maximum absolute atomic E-state index is 11.0. The van der Waals surface area contributed by atoms with Gasteiger partial charge in [-0.2, -0.15) is 0 Å². The van der Waals surface area contributed by atoms with Gasteiger partial charge in [0.1, 0.15) is 0 Å². The molecule has 21 heavy (non-hydrogen) atoms. The van der Waals surface area contributed by atoms with E-state index in [4.69, 9.17) is 0 Å². The highest BCUT2D eigenvalue weighted by Gasteiger charge is 2.33. The molecule has 0 aliphatic heterocycles. The number of carbonyl (C=O) groups is 1. The Morgan fingerprint density at radius 2 is 1.19 bits per heavy atom. The van der Waals surface area contributed by atoms with Crippen molar-refractivity contribution in [2.45, 2.75) is 96.2 Å². The van der Waals surface area contributed by atoms with Gasteiger partial charge in [0.15, 0.2) is 0 Å². The van der Waals surface area contributed by atoms with E-state index >= 15 is 0 Å². The lowest BCUT2D eigenvalue weighted by Crippen LogP contribution is -2.39. The summed E-state index contributed by atoms with van der Waals surface area (Å²) in [5.41, 5.74) is 0. The van der Waals surface area contributed by atoms with Gasteiger partial charge >= 0.3 is 5.97 Å². The summed E-state index contributed by atoms with van der Waals surface area (Å²) in [7, 11) is 1.16. The van der Waals surface area contributed by atoms with Gasteiger partial charge in [-0.05, 0) is 6.42 Å². The number of hydrogen-bond acceptors (Lipinski definition) is 4. The normalized spacial score (nSPS) is 11.6. The Bertz CT molecular complexity index is 251. The number of ether oxygens (including phenoxy) is 1. The fourth-order valence-electron chi connectivity index (χ4n) is 2.48. The molecule has 126 valence electrons. The molecule has 0 saturated carbocycles. The summed E-state index contributed by atoms with van der Waals surface area (Å²) in [5.74, 6) is -3.28. The first-order valence-corrected chi connectivity index (χ1v) is 8.57. The molecule has 0 aromatic heterocycles. The van der Waals surface area contributed by atoms with Crippen LogP contribution in [-0.2, 0) is 9.53 Å². The molecule has 0 aromatic carbocycles. The minimum Gasteiger partial charge on any atom is -0.465 e. The van der Waals surface area contributed by atoms with E-state index < -0.39 is 11.8 Å². The Balaban J connectivity index is 3.28. The van der Waals surface area contributed by atoms with Crippen LogP contribution in [0, 0.1) is 0 Å². The molecule has 0 heterocycles. The van der Waals surface area contributed by atoms with Crippen molar-refractivity contribution in [3.05, 3.63) is 0 Å². The maximum atomic E-state index is 11.0. The Morgan fingerprint density at radius 1 is 0.810 bits per heavy atom. The van der Waals surface area contributed by atoms with E-state index in [9.17, 15) is 15.0 Å². The highest BCUT2D eigenvalue weighted by atomic mass is 16.6. The van der Waals surface area contributed by atoms with E-state index in [1.54, 1.807) is 0 Å². The number of rotatable bonds is 14. The molecule has 0 bridgehead atoms. The second-order valence-corrected chi connectivity index (χ2v) is 5.95. The van der Waals surface area contributed by atoms with Crippen molar-refractivity contribution in [1.82, 2.24) is 0 Å². The Morgan fingerprint density at radius 3 is 1.57 bits per heavy atom. The van der Waals surface area contributed by atoms with Crippen LogP contribution >= 0.6 is 0 Å². The summed E-state index contributed by atoms with van der Waals surface area (Å²) in [6.45, 7) is 2.24. The van der Waals surface area contributed by atoms with Crippen LogP contribution in [0.15, 0.2) is 0 Å². The summed E-state index contributed by atoms with van der Waals surface area (Å²) < 4.78 is 4.33. The molecule has 0 saturated heterocycles. The smallest absolute Gasteiger partial charge is 0.366 e. The molecule has 0 spiro atoms. The zero-order chi connectivity index (χ0) is 16.0. The molecule has 4 nitrogen and oxygen atoms in total.